The van der Waals surface area contributed by atoms with E-state index >= 15 is 0 Å². The summed E-state index contributed by atoms with van der Waals surface area (Å²) in [5.41, 5.74) is 0.202. The zero-order chi connectivity index (χ0) is 15.8. The van der Waals surface area contributed by atoms with Crippen LogP contribution >= 0.6 is 0 Å². The topological polar surface area (TPSA) is 68.2 Å². The maximum Gasteiger partial charge on any atom is 0.258 e. The minimum atomic E-state index is -0.284. The number of methoxy groups -OCH3 is 3. The number of phenols is 1. The van der Waals surface area contributed by atoms with E-state index < -0.39 is 0 Å². The molecule has 21 heavy (non-hydrogen) atoms. The summed E-state index contributed by atoms with van der Waals surface area (Å²) >= 11 is 0. The fraction of sp³-hybridized carbons (Fsp3) is 0.533. The second-order valence-corrected chi connectivity index (χ2v) is 4.68. The van der Waals surface area contributed by atoms with Crippen LogP contribution in [-0.4, -0.2) is 63.0 Å². The van der Waals surface area contributed by atoms with Crippen LogP contribution in [0.3, 0.4) is 0 Å². The molecule has 0 spiro atoms. The molecule has 0 aliphatic carbocycles. The molecule has 0 aromatic heterocycles. The Morgan fingerprint density at radius 2 is 2.00 bits per heavy atom. The minimum Gasteiger partial charge on any atom is -0.507 e. The Hall–Kier alpha value is -1.79. The molecule has 6 heteroatoms. The quantitative estimate of drug-likeness (QED) is 0.788. The van der Waals surface area contributed by atoms with E-state index in [-0.39, 0.29) is 23.3 Å². The van der Waals surface area contributed by atoms with Crippen LogP contribution in [0.5, 0.6) is 11.5 Å². The lowest BCUT2D eigenvalue weighted by molar-refractivity contribution is 0.0476. The van der Waals surface area contributed by atoms with E-state index in [1.165, 1.54) is 19.2 Å². The van der Waals surface area contributed by atoms with Gasteiger partial charge in [0.25, 0.3) is 5.91 Å². The van der Waals surface area contributed by atoms with Gasteiger partial charge >= 0.3 is 0 Å². The normalized spacial score (nSPS) is 12.0. The van der Waals surface area contributed by atoms with Crippen molar-refractivity contribution in [2.75, 3.05) is 41.1 Å². The number of ether oxygens (including phenoxy) is 3. The van der Waals surface area contributed by atoms with Crippen molar-refractivity contribution < 1.29 is 24.1 Å². The summed E-state index contributed by atoms with van der Waals surface area (Å²) < 4.78 is 15.2. The molecule has 0 saturated carbocycles. The number of benzene rings is 1. The van der Waals surface area contributed by atoms with Crippen LogP contribution in [0.2, 0.25) is 0 Å². The number of hydrogen-bond acceptors (Lipinski definition) is 5. The lowest BCUT2D eigenvalue weighted by atomic mass is 10.1. The molecular formula is C15H23NO5. The standard InChI is InChI=1S/C15H23NO5/c1-11(10-20-3)16(7-8-19-2)15(18)13-9-12(21-4)5-6-14(13)17/h5-6,9,11,17H,7-8,10H2,1-4H3. The number of amides is 1. The monoisotopic (exact) mass is 297 g/mol. The summed E-state index contributed by atoms with van der Waals surface area (Å²) in [6, 6.07) is 4.44. The molecular weight excluding hydrogens is 274 g/mol. The number of aromatic hydroxyl groups is 1. The minimum absolute atomic E-state index is 0.0761. The third-order valence-electron chi connectivity index (χ3n) is 3.17. The lowest BCUT2D eigenvalue weighted by Gasteiger charge is -2.29. The molecule has 0 bridgehead atoms. The van der Waals surface area contributed by atoms with Crippen molar-refractivity contribution in [3.05, 3.63) is 23.8 Å². The highest BCUT2D eigenvalue weighted by Crippen LogP contribution is 2.25. The zero-order valence-corrected chi connectivity index (χ0v) is 13.0. The van der Waals surface area contributed by atoms with Crippen LogP contribution in [-0.2, 0) is 9.47 Å². The Morgan fingerprint density at radius 1 is 1.29 bits per heavy atom. The molecule has 1 aromatic carbocycles. The van der Waals surface area contributed by atoms with Gasteiger partial charge < -0.3 is 24.2 Å². The van der Waals surface area contributed by atoms with E-state index in [1.807, 2.05) is 6.92 Å². The number of nitrogens with zero attached hydrogens (tertiary/aromatic N) is 1. The number of carbonyl (C=O) groups is 1. The molecule has 0 radical (unpaired) electrons. The van der Waals surface area contributed by atoms with E-state index in [0.29, 0.717) is 25.5 Å². The van der Waals surface area contributed by atoms with Gasteiger partial charge in [-0.3, -0.25) is 4.79 Å². The first-order valence-electron chi connectivity index (χ1n) is 6.71. The largest absolute Gasteiger partial charge is 0.507 e. The van der Waals surface area contributed by atoms with Crippen molar-refractivity contribution in [3.63, 3.8) is 0 Å². The van der Waals surface area contributed by atoms with E-state index in [1.54, 1.807) is 25.2 Å². The van der Waals surface area contributed by atoms with Crippen LogP contribution < -0.4 is 4.74 Å². The maximum absolute atomic E-state index is 12.7. The average molecular weight is 297 g/mol. The Kier molecular flexibility index (Phi) is 6.98. The SMILES string of the molecule is COCCN(C(=O)c1cc(OC)ccc1O)C(C)COC. The predicted octanol–water partition coefficient (Wildman–Crippen LogP) is 1.52. The van der Waals surface area contributed by atoms with Crippen molar-refractivity contribution >= 4 is 5.91 Å². The fourth-order valence-electron chi connectivity index (χ4n) is 2.01. The first-order chi connectivity index (χ1) is 10.0. The van der Waals surface area contributed by atoms with Crippen LogP contribution in [0.1, 0.15) is 17.3 Å². The molecule has 1 unspecified atom stereocenters. The van der Waals surface area contributed by atoms with Crippen LogP contribution in [0.25, 0.3) is 0 Å². The van der Waals surface area contributed by atoms with Gasteiger partial charge in [-0.15, -0.1) is 0 Å². The summed E-state index contributed by atoms with van der Waals surface area (Å²) in [5.74, 6) is 0.156. The van der Waals surface area contributed by atoms with Crippen LogP contribution in [0.4, 0.5) is 0 Å². The van der Waals surface area contributed by atoms with Crippen LogP contribution in [0.15, 0.2) is 18.2 Å². The Balaban J connectivity index is 3.03. The van der Waals surface area contributed by atoms with Gasteiger partial charge in [0.05, 0.1) is 31.9 Å². The molecule has 1 N–H and O–H groups in total. The summed E-state index contributed by atoms with van der Waals surface area (Å²) in [5, 5.41) is 9.92. The molecule has 0 heterocycles. The molecule has 0 aliphatic rings. The summed E-state index contributed by atoms with van der Waals surface area (Å²) in [4.78, 5) is 14.3. The van der Waals surface area contributed by atoms with Gasteiger partial charge in [-0.1, -0.05) is 0 Å². The molecule has 1 atom stereocenters. The van der Waals surface area contributed by atoms with E-state index in [2.05, 4.69) is 0 Å². The average Bonchev–Trinajstić information content (AvgIpc) is 2.48. The van der Waals surface area contributed by atoms with Crippen molar-refractivity contribution in [2.45, 2.75) is 13.0 Å². The summed E-state index contributed by atoms with van der Waals surface area (Å²) in [7, 11) is 4.67. The summed E-state index contributed by atoms with van der Waals surface area (Å²) in [6.07, 6.45) is 0. The first kappa shape index (κ1) is 17.3. The lowest BCUT2D eigenvalue weighted by Crippen LogP contribution is -2.43. The maximum atomic E-state index is 12.7. The van der Waals surface area contributed by atoms with Crippen molar-refractivity contribution in [1.29, 1.82) is 0 Å². The Bertz CT molecular complexity index is 463. The van der Waals surface area contributed by atoms with Crippen molar-refractivity contribution in [1.82, 2.24) is 4.90 Å². The Morgan fingerprint density at radius 3 is 2.57 bits per heavy atom. The fourth-order valence-corrected chi connectivity index (χ4v) is 2.01. The molecule has 0 aliphatic heterocycles. The van der Waals surface area contributed by atoms with Gasteiger partial charge in [-0.05, 0) is 25.1 Å². The Labute approximate surface area is 125 Å². The molecule has 0 fully saturated rings. The number of rotatable bonds is 8. The summed E-state index contributed by atoms with van der Waals surface area (Å²) in [6.45, 7) is 3.11. The second-order valence-electron chi connectivity index (χ2n) is 4.68. The van der Waals surface area contributed by atoms with E-state index in [4.69, 9.17) is 14.2 Å². The smallest absolute Gasteiger partial charge is 0.258 e. The van der Waals surface area contributed by atoms with Gasteiger partial charge in [0.15, 0.2) is 0 Å². The van der Waals surface area contributed by atoms with E-state index in [0.717, 1.165) is 0 Å². The third-order valence-corrected chi connectivity index (χ3v) is 3.17. The van der Waals surface area contributed by atoms with Crippen LogP contribution in [0, 0.1) is 0 Å². The molecule has 1 rings (SSSR count). The van der Waals surface area contributed by atoms with Gasteiger partial charge in [0.1, 0.15) is 11.5 Å². The molecule has 1 aromatic rings. The van der Waals surface area contributed by atoms with Gasteiger partial charge in [-0.25, -0.2) is 0 Å². The first-order valence-corrected chi connectivity index (χ1v) is 6.71. The number of carbonyl (C=O) groups excluding carboxylic acids is 1. The third kappa shape index (κ3) is 4.61. The van der Waals surface area contributed by atoms with Gasteiger partial charge in [0.2, 0.25) is 0 Å². The molecule has 118 valence electrons. The molecule has 0 saturated heterocycles. The highest BCUT2D eigenvalue weighted by Gasteiger charge is 2.24. The second kappa shape index (κ2) is 8.49. The number of phenolic OH excluding ortho intramolecular Hbond substituents is 1. The number of hydrogen-bond donors (Lipinski definition) is 1. The van der Waals surface area contributed by atoms with Crippen molar-refractivity contribution in [2.24, 2.45) is 0 Å². The highest BCUT2D eigenvalue weighted by atomic mass is 16.5. The van der Waals surface area contributed by atoms with E-state index in [9.17, 15) is 9.90 Å². The zero-order valence-electron chi connectivity index (χ0n) is 13.0. The van der Waals surface area contributed by atoms with Gasteiger partial charge in [-0.2, -0.15) is 0 Å². The van der Waals surface area contributed by atoms with Gasteiger partial charge in [0, 0.05) is 20.8 Å². The predicted molar refractivity (Wildman–Crippen MR) is 78.9 cm³/mol. The van der Waals surface area contributed by atoms with Crippen molar-refractivity contribution in [3.8, 4) is 11.5 Å². The molecule has 1 amide bonds. The molecule has 6 nitrogen and oxygen atoms in total. The highest BCUT2D eigenvalue weighted by molar-refractivity contribution is 5.97.